The summed E-state index contributed by atoms with van der Waals surface area (Å²) in [7, 11) is 0. The molecule has 4 nitrogen and oxygen atoms in total. The molecule has 0 aromatic rings. The van der Waals surface area contributed by atoms with Crippen molar-refractivity contribution in [2.24, 2.45) is 11.7 Å². The Morgan fingerprint density at radius 3 is 2.00 bits per heavy atom. The van der Waals surface area contributed by atoms with Gasteiger partial charge in [0.2, 0.25) is 0 Å². The highest BCUT2D eigenvalue weighted by atomic mass is 35.5. The van der Waals surface area contributed by atoms with Gasteiger partial charge in [-0.15, -0.1) is 24.0 Å². The molecule has 0 saturated carbocycles. The van der Waals surface area contributed by atoms with Crippen molar-refractivity contribution in [3.63, 3.8) is 0 Å². The third-order valence-electron chi connectivity index (χ3n) is 1.11. The van der Waals surface area contributed by atoms with E-state index in [1.54, 1.807) is 0 Å². The van der Waals surface area contributed by atoms with Crippen LogP contribution in [0.5, 0.6) is 0 Å². The van der Waals surface area contributed by atoms with E-state index in [0.29, 0.717) is 18.6 Å². The van der Waals surface area contributed by atoms with Crippen LogP contribution in [-0.4, -0.2) is 29.3 Å². The fourth-order valence-corrected chi connectivity index (χ4v) is 0.609. The Bertz CT molecular complexity index is 154. The summed E-state index contributed by atoms with van der Waals surface area (Å²) in [5.74, 6) is -0.445. The molecule has 0 amide bonds. The topological polar surface area (TPSA) is 80.4 Å². The molecule has 0 saturated heterocycles. The minimum atomic E-state index is -0.913. The third kappa shape index (κ3) is 17.7. The van der Waals surface area contributed by atoms with Crippen LogP contribution in [0.3, 0.4) is 0 Å². The van der Waals surface area contributed by atoms with E-state index < -0.39 is 12.0 Å². The maximum Gasteiger partial charge on any atom is 0.320 e. The molecule has 0 rings (SSSR count). The molecular formula is C8H17Cl2NO3. The minimum absolute atomic E-state index is 0. The van der Waals surface area contributed by atoms with Gasteiger partial charge in [0.15, 0.2) is 0 Å². The van der Waals surface area contributed by atoms with E-state index in [4.69, 9.17) is 27.2 Å². The van der Waals surface area contributed by atoms with Crippen molar-refractivity contribution >= 4 is 36.3 Å². The van der Waals surface area contributed by atoms with E-state index in [1.807, 2.05) is 13.8 Å². The lowest BCUT2D eigenvalue weighted by molar-refractivity contribution is -0.138. The van der Waals surface area contributed by atoms with Gasteiger partial charge in [-0.25, -0.2) is 0 Å². The van der Waals surface area contributed by atoms with Crippen LogP contribution in [0.4, 0.5) is 0 Å². The lowest BCUT2D eigenvalue weighted by Gasteiger charge is -2.07. The van der Waals surface area contributed by atoms with Crippen molar-refractivity contribution in [3.8, 4) is 0 Å². The van der Waals surface area contributed by atoms with Gasteiger partial charge in [-0.1, -0.05) is 13.8 Å². The fraction of sp³-hybridized carbons (Fsp3) is 0.750. The van der Waals surface area contributed by atoms with E-state index in [2.05, 4.69) is 0 Å². The van der Waals surface area contributed by atoms with Crippen molar-refractivity contribution in [1.82, 2.24) is 0 Å². The van der Waals surface area contributed by atoms with Gasteiger partial charge in [-0.05, 0) is 12.3 Å². The quantitative estimate of drug-likeness (QED) is 0.578. The zero-order valence-electron chi connectivity index (χ0n) is 8.27. The highest BCUT2D eigenvalue weighted by Gasteiger charge is 2.11. The summed E-state index contributed by atoms with van der Waals surface area (Å²) in [5.41, 5.74) is 5.22. The maximum absolute atomic E-state index is 10.1. The van der Waals surface area contributed by atoms with Gasteiger partial charge >= 0.3 is 5.97 Å². The van der Waals surface area contributed by atoms with Crippen molar-refractivity contribution in [2.75, 3.05) is 5.88 Å². The number of carbonyl (C=O) groups excluding carboxylic acids is 1. The molecule has 0 fully saturated rings. The molecular weight excluding hydrogens is 229 g/mol. The van der Waals surface area contributed by atoms with Gasteiger partial charge < -0.3 is 15.6 Å². The Hall–Kier alpha value is -0.320. The molecule has 6 heteroatoms. The van der Waals surface area contributed by atoms with E-state index in [-0.39, 0.29) is 18.3 Å². The molecule has 0 heterocycles. The molecule has 0 spiro atoms. The minimum Gasteiger partial charge on any atom is -0.480 e. The number of carbonyl (C=O) groups is 2. The highest BCUT2D eigenvalue weighted by molar-refractivity contribution is 6.24. The largest absolute Gasteiger partial charge is 0.480 e. The Morgan fingerprint density at radius 2 is 1.93 bits per heavy atom. The Balaban J connectivity index is -0.000000209. The molecule has 3 N–H and O–H groups in total. The van der Waals surface area contributed by atoms with Crippen LogP contribution in [-0.2, 0) is 9.59 Å². The summed E-state index contributed by atoms with van der Waals surface area (Å²) in [6.07, 6.45) is 1.19. The third-order valence-corrected chi connectivity index (χ3v) is 1.23. The number of hydrogen-bond acceptors (Lipinski definition) is 3. The molecule has 0 aromatic carbocycles. The Morgan fingerprint density at radius 1 is 1.57 bits per heavy atom. The number of carboxylic acids is 1. The van der Waals surface area contributed by atoms with Crippen LogP contribution < -0.4 is 5.73 Å². The van der Waals surface area contributed by atoms with Crippen LogP contribution in [0.15, 0.2) is 0 Å². The first kappa shape index (κ1) is 19.3. The molecule has 1 atom stereocenters. The molecule has 0 aromatic heterocycles. The second-order valence-electron chi connectivity index (χ2n) is 2.90. The fourth-order valence-electron chi connectivity index (χ4n) is 0.609. The van der Waals surface area contributed by atoms with Crippen molar-refractivity contribution < 1.29 is 14.7 Å². The number of halogens is 2. The lowest BCUT2D eigenvalue weighted by atomic mass is 10.1. The number of aldehydes is 1. The van der Waals surface area contributed by atoms with Crippen LogP contribution in [0.1, 0.15) is 20.3 Å². The summed E-state index contributed by atoms with van der Waals surface area (Å²) in [6.45, 7) is 3.89. The van der Waals surface area contributed by atoms with Crippen LogP contribution in [0, 0.1) is 5.92 Å². The number of rotatable bonds is 4. The molecule has 1 unspecified atom stereocenters. The highest BCUT2D eigenvalue weighted by Crippen LogP contribution is 2.01. The predicted molar refractivity (Wildman–Crippen MR) is 59.1 cm³/mol. The molecule has 0 bridgehead atoms. The molecule has 0 aliphatic carbocycles. The average Bonchev–Trinajstić information content (AvgIpc) is 2.03. The summed E-state index contributed by atoms with van der Waals surface area (Å²) >= 11 is 4.82. The second-order valence-corrected chi connectivity index (χ2v) is 3.20. The number of hydrogen-bond donors (Lipinski definition) is 2. The lowest BCUT2D eigenvalue weighted by Crippen LogP contribution is -2.31. The summed E-state index contributed by atoms with van der Waals surface area (Å²) in [4.78, 5) is 19.2. The van der Waals surface area contributed by atoms with Gasteiger partial charge in [0.25, 0.3) is 0 Å². The van der Waals surface area contributed by atoms with E-state index >= 15 is 0 Å². The van der Waals surface area contributed by atoms with E-state index in [0.717, 1.165) is 0 Å². The van der Waals surface area contributed by atoms with Crippen molar-refractivity contribution in [3.05, 3.63) is 0 Å². The summed E-state index contributed by atoms with van der Waals surface area (Å²) < 4.78 is 0. The van der Waals surface area contributed by atoms with Crippen LogP contribution in [0.25, 0.3) is 0 Å². The first-order valence-electron chi connectivity index (χ1n) is 3.93. The molecule has 0 aliphatic heterocycles. The molecule has 86 valence electrons. The standard InChI is InChI=1S/C6H13NO2.C2H3ClO.ClH/c1-4(2)3-5(7)6(8)9;3-1-2-4;/h4-5H,3,7H2,1-2H3,(H,8,9);2H,1H2;1H. The van der Waals surface area contributed by atoms with E-state index in [9.17, 15) is 4.79 Å². The average molecular weight is 246 g/mol. The van der Waals surface area contributed by atoms with Crippen molar-refractivity contribution in [2.45, 2.75) is 26.3 Å². The predicted octanol–water partition coefficient (Wildman–Crippen LogP) is 1.29. The van der Waals surface area contributed by atoms with E-state index in [1.165, 1.54) is 0 Å². The molecule has 0 aliphatic rings. The monoisotopic (exact) mass is 245 g/mol. The number of aliphatic carboxylic acids is 1. The zero-order chi connectivity index (χ0) is 10.9. The second kappa shape index (κ2) is 12.7. The number of alkyl halides is 1. The van der Waals surface area contributed by atoms with Crippen LogP contribution >= 0.6 is 24.0 Å². The molecule has 14 heavy (non-hydrogen) atoms. The summed E-state index contributed by atoms with van der Waals surface area (Å²) in [5, 5.41) is 8.31. The van der Waals surface area contributed by atoms with Gasteiger partial charge in [-0.2, -0.15) is 0 Å². The number of nitrogens with two attached hydrogens (primary N) is 1. The smallest absolute Gasteiger partial charge is 0.320 e. The van der Waals surface area contributed by atoms with Crippen molar-refractivity contribution in [1.29, 1.82) is 0 Å². The molecule has 0 radical (unpaired) electrons. The number of carboxylic acid groups (broad SMARTS) is 1. The van der Waals surface area contributed by atoms with Crippen LogP contribution in [0.2, 0.25) is 0 Å². The normalized spacial score (nSPS) is 10.6. The summed E-state index contributed by atoms with van der Waals surface area (Å²) in [6, 6.07) is -0.690. The van der Waals surface area contributed by atoms with Gasteiger partial charge in [0.05, 0.1) is 5.88 Å². The van der Waals surface area contributed by atoms with Gasteiger partial charge in [-0.3, -0.25) is 4.79 Å². The SMILES string of the molecule is CC(C)CC(N)C(=O)O.Cl.O=CCCl. The maximum atomic E-state index is 10.1. The first-order chi connectivity index (χ1) is 5.95. The zero-order valence-corrected chi connectivity index (χ0v) is 9.85. The Labute approximate surface area is 95.2 Å². The van der Waals surface area contributed by atoms with Gasteiger partial charge in [0.1, 0.15) is 12.3 Å². The first-order valence-corrected chi connectivity index (χ1v) is 4.47. The Kier molecular flexibility index (Phi) is 17.5. The van der Waals surface area contributed by atoms with Gasteiger partial charge in [0, 0.05) is 0 Å².